The molecule has 9 nitrogen and oxygen atoms in total. The fraction of sp³-hybridized carbons (Fsp3) is 0.500. The van der Waals surface area contributed by atoms with Gasteiger partial charge in [0.1, 0.15) is 0 Å². The number of hydrogen-bond donors (Lipinski definition) is 2. The van der Waals surface area contributed by atoms with Crippen molar-refractivity contribution in [3.8, 4) is 0 Å². The lowest BCUT2D eigenvalue weighted by molar-refractivity contribution is -0.127. The molecule has 1 atom stereocenters. The number of benzene rings is 1. The number of amides is 3. The fourth-order valence-corrected chi connectivity index (χ4v) is 4.23. The molecule has 1 aliphatic heterocycles. The first-order valence-electron chi connectivity index (χ1n) is 9.15. The molecule has 1 fully saturated rings. The van der Waals surface area contributed by atoms with Gasteiger partial charge in [-0.3, -0.25) is 10.1 Å². The first kappa shape index (κ1) is 21.8. The number of urea groups is 1. The second kappa shape index (κ2) is 9.65. The number of ether oxygens (including phenoxy) is 1. The van der Waals surface area contributed by atoms with Gasteiger partial charge < -0.3 is 10.1 Å². The van der Waals surface area contributed by atoms with Crippen molar-refractivity contribution in [1.29, 1.82) is 0 Å². The SMILES string of the molecule is CCNC(=O)NC(=O)[C@@H](C)OC(=O)c1ccc(S(=O)(=O)N2CCCCC2)cc1. The number of sulfonamides is 1. The van der Waals surface area contributed by atoms with Gasteiger partial charge in [-0.25, -0.2) is 18.0 Å². The van der Waals surface area contributed by atoms with Crippen LogP contribution in [-0.2, 0) is 19.6 Å². The Morgan fingerprint density at radius 2 is 1.71 bits per heavy atom. The maximum Gasteiger partial charge on any atom is 0.338 e. The molecule has 28 heavy (non-hydrogen) atoms. The van der Waals surface area contributed by atoms with Crippen molar-refractivity contribution < 1.29 is 27.5 Å². The van der Waals surface area contributed by atoms with Crippen molar-refractivity contribution in [2.75, 3.05) is 19.6 Å². The number of nitrogens with one attached hydrogen (secondary N) is 2. The van der Waals surface area contributed by atoms with Gasteiger partial charge in [0.25, 0.3) is 5.91 Å². The second-order valence-electron chi connectivity index (χ2n) is 6.39. The molecule has 0 bridgehead atoms. The summed E-state index contributed by atoms with van der Waals surface area (Å²) in [6.45, 7) is 4.36. The molecule has 0 unspecified atom stereocenters. The summed E-state index contributed by atoms with van der Waals surface area (Å²) in [5, 5.41) is 4.44. The summed E-state index contributed by atoms with van der Waals surface area (Å²) in [7, 11) is -3.59. The highest BCUT2D eigenvalue weighted by atomic mass is 32.2. The Kier molecular flexibility index (Phi) is 7.53. The Morgan fingerprint density at radius 3 is 2.29 bits per heavy atom. The van der Waals surface area contributed by atoms with Crippen LogP contribution in [0.5, 0.6) is 0 Å². The number of esters is 1. The fourth-order valence-electron chi connectivity index (χ4n) is 2.72. The van der Waals surface area contributed by atoms with Crippen molar-refractivity contribution in [2.45, 2.75) is 44.1 Å². The van der Waals surface area contributed by atoms with Gasteiger partial charge in [0, 0.05) is 19.6 Å². The second-order valence-corrected chi connectivity index (χ2v) is 8.32. The molecule has 1 aliphatic rings. The molecule has 0 aromatic heterocycles. The third-order valence-electron chi connectivity index (χ3n) is 4.27. The zero-order valence-corrected chi connectivity index (χ0v) is 16.8. The molecular weight excluding hydrogens is 386 g/mol. The lowest BCUT2D eigenvalue weighted by atomic mass is 10.2. The summed E-state index contributed by atoms with van der Waals surface area (Å²) in [5.74, 6) is -1.55. The molecule has 10 heteroatoms. The van der Waals surface area contributed by atoms with Crippen molar-refractivity contribution in [1.82, 2.24) is 14.9 Å². The molecule has 0 aliphatic carbocycles. The average Bonchev–Trinajstić information content (AvgIpc) is 2.68. The van der Waals surface area contributed by atoms with Crippen LogP contribution in [0.4, 0.5) is 4.79 Å². The van der Waals surface area contributed by atoms with Crippen LogP contribution in [0, 0.1) is 0 Å². The molecule has 1 heterocycles. The predicted molar refractivity (Wildman–Crippen MR) is 101 cm³/mol. The van der Waals surface area contributed by atoms with Crippen LogP contribution in [0.25, 0.3) is 0 Å². The van der Waals surface area contributed by atoms with Crippen LogP contribution >= 0.6 is 0 Å². The van der Waals surface area contributed by atoms with Crippen molar-refractivity contribution in [3.63, 3.8) is 0 Å². The predicted octanol–water partition coefficient (Wildman–Crippen LogP) is 1.25. The Bertz CT molecular complexity index is 816. The summed E-state index contributed by atoms with van der Waals surface area (Å²) in [4.78, 5) is 35.4. The number of carbonyl (C=O) groups excluding carboxylic acids is 3. The summed E-state index contributed by atoms with van der Waals surface area (Å²) in [6, 6.07) is 4.70. The first-order chi connectivity index (χ1) is 13.3. The van der Waals surface area contributed by atoms with E-state index < -0.39 is 34.0 Å². The lowest BCUT2D eigenvalue weighted by Crippen LogP contribution is -2.44. The summed E-state index contributed by atoms with van der Waals surface area (Å²) >= 11 is 0. The third kappa shape index (κ3) is 5.52. The van der Waals surface area contributed by atoms with E-state index in [2.05, 4.69) is 10.6 Å². The van der Waals surface area contributed by atoms with Crippen molar-refractivity contribution in [2.24, 2.45) is 0 Å². The molecule has 154 valence electrons. The highest BCUT2D eigenvalue weighted by Gasteiger charge is 2.26. The van der Waals surface area contributed by atoms with Gasteiger partial charge in [-0.15, -0.1) is 0 Å². The standard InChI is InChI=1S/C18H25N3O6S/c1-3-19-18(24)20-16(22)13(2)27-17(23)14-7-9-15(10-8-14)28(25,26)21-11-5-4-6-12-21/h7-10,13H,3-6,11-12H2,1-2H3,(H2,19,20,22,24)/t13-/m1/s1. The normalized spacial score (nSPS) is 16.1. The molecule has 0 spiro atoms. The molecule has 1 aromatic carbocycles. The van der Waals surface area contributed by atoms with Gasteiger partial charge >= 0.3 is 12.0 Å². The van der Waals surface area contributed by atoms with Crippen LogP contribution in [0.2, 0.25) is 0 Å². The monoisotopic (exact) mass is 411 g/mol. The number of hydrogen-bond acceptors (Lipinski definition) is 6. The average molecular weight is 411 g/mol. The molecular formula is C18H25N3O6S. The van der Waals surface area contributed by atoms with E-state index in [1.165, 1.54) is 35.5 Å². The van der Waals surface area contributed by atoms with E-state index in [0.29, 0.717) is 19.6 Å². The molecule has 1 aromatic rings. The van der Waals surface area contributed by atoms with E-state index >= 15 is 0 Å². The smallest absolute Gasteiger partial charge is 0.338 e. The van der Waals surface area contributed by atoms with Crippen LogP contribution in [0.1, 0.15) is 43.5 Å². The number of imide groups is 1. The number of rotatable bonds is 6. The topological polar surface area (TPSA) is 122 Å². The van der Waals surface area contributed by atoms with Crippen LogP contribution in [0.15, 0.2) is 29.2 Å². The van der Waals surface area contributed by atoms with E-state index in [-0.39, 0.29) is 10.5 Å². The Hall–Kier alpha value is -2.46. The largest absolute Gasteiger partial charge is 0.449 e. The maximum absolute atomic E-state index is 12.6. The van der Waals surface area contributed by atoms with Gasteiger partial charge in [-0.05, 0) is 51.0 Å². The zero-order valence-electron chi connectivity index (χ0n) is 15.9. The highest BCUT2D eigenvalue weighted by molar-refractivity contribution is 7.89. The van der Waals surface area contributed by atoms with Crippen LogP contribution in [-0.4, -0.2) is 56.4 Å². The van der Waals surface area contributed by atoms with E-state index in [9.17, 15) is 22.8 Å². The molecule has 1 saturated heterocycles. The number of piperidine rings is 1. The first-order valence-corrected chi connectivity index (χ1v) is 10.6. The van der Waals surface area contributed by atoms with Gasteiger partial charge in [-0.2, -0.15) is 4.31 Å². The Balaban J connectivity index is 1.99. The van der Waals surface area contributed by atoms with Gasteiger partial charge in [0.15, 0.2) is 6.10 Å². The highest BCUT2D eigenvalue weighted by Crippen LogP contribution is 2.21. The number of nitrogens with zero attached hydrogens (tertiary/aromatic N) is 1. The van der Waals surface area contributed by atoms with Crippen molar-refractivity contribution in [3.05, 3.63) is 29.8 Å². The van der Waals surface area contributed by atoms with Gasteiger partial charge in [-0.1, -0.05) is 6.42 Å². The summed E-state index contributed by atoms with van der Waals surface area (Å²) < 4.78 is 31.7. The van der Waals surface area contributed by atoms with Gasteiger partial charge in [0.2, 0.25) is 10.0 Å². The summed E-state index contributed by atoms with van der Waals surface area (Å²) in [5.41, 5.74) is 0.107. The minimum atomic E-state index is -3.59. The zero-order chi connectivity index (χ0) is 20.7. The van der Waals surface area contributed by atoms with E-state index in [1.807, 2.05) is 0 Å². The van der Waals surface area contributed by atoms with Crippen LogP contribution in [0.3, 0.4) is 0 Å². The minimum absolute atomic E-state index is 0.105. The Labute approximate surface area is 164 Å². The maximum atomic E-state index is 12.6. The molecule has 3 amide bonds. The third-order valence-corrected chi connectivity index (χ3v) is 6.18. The van der Waals surface area contributed by atoms with E-state index in [4.69, 9.17) is 4.74 Å². The lowest BCUT2D eigenvalue weighted by Gasteiger charge is -2.25. The van der Waals surface area contributed by atoms with Crippen LogP contribution < -0.4 is 10.6 Å². The van der Waals surface area contributed by atoms with E-state index in [1.54, 1.807) is 6.92 Å². The van der Waals surface area contributed by atoms with Gasteiger partial charge in [0.05, 0.1) is 10.5 Å². The minimum Gasteiger partial charge on any atom is -0.449 e. The molecule has 2 rings (SSSR count). The van der Waals surface area contributed by atoms with Crippen molar-refractivity contribution >= 4 is 27.9 Å². The quantitative estimate of drug-likeness (QED) is 0.680. The summed E-state index contributed by atoms with van der Waals surface area (Å²) in [6.07, 6.45) is 1.49. The molecule has 2 N–H and O–H groups in total. The molecule has 0 radical (unpaired) electrons. The van der Waals surface area contributed by atoms with E-state index in [0.717, 1.165) is 19.3 Å². The Morgan fingerprint density at radius 1 is 1.11 bits per heavy atom. The number of carbonyl (C=O) groups is 3. The molecule has 0 saturated carbocycles.